The van der Waals surface area contributed by atoms with Gasteiger partial charge in [-0.1, -0.05) is 53.5 Å². The van der Waals surface area contributed by atoms with E-state index in [-0.39, 0.29) is 17.7 Å². The van der Waals surface area contributed by atoms with E-state index in [9.17, 15) is 22.4 Å². The largest absolute Gasteiger partial charge is 0.419 e. The monoisotopic (exact) mass is 530 g/mol. The first-order valence-corrected chi connectivity index (χ1v) is 11.5. The Hall–Kier alpha value is -3.55. The Balaban J connectivity index is 1.80. The minimum absolute atomic E-state index is 0.0225. The number of carbonyl (C=O) groups excluding carboxylic acids is 1. The average molecular weight is 531 g/mol. The van der Waals surface area contributed by atoms with Crippen LogP contribution in [0.15, 0.2) is 72.8 Å². The zero-order valence-corrected chi connectivity index (χ0v) is 19.8. The Labute approximate surface area is 212 Å². The minimum Gasteiger partial charge on any atom is -0.366 e. The van der Waals surface area contributed by atoms with Crippen molar-refractivity contribution in [3.63, 3.8) is 0 Å². The van der Waals surface area contributed by atoms with Crippen molar-refractivity contribution in [2.75, 3.05) is 0 Å². The van der Waals surface area contributed by atoms with Crippen molar-refractivity contribution in [1.29, 1.82) is 0 Å². The number of carbonyl (C=O) groups is 1. The second-order valence-corrected chi connectivity index (χ2v) is 9.11. The molecule has 0 bridgehead atoms. The molecule has 1 amide bonds. The lowest BCUT2D eigenvalue weighted by atomic mass is 10.0. The second kappa shape index (κ2) is 8.84. The van der Waals surface area contributed by atoms with Crippen LogP contribution in [-0.4, -0.2) is 10.5 Å². The van der Waals surface area contributed by atoms with Crippen LogP contribution in [0.2, 0.25) is 10.0 Å². The van der Waals surface area contributed by atoms with E-state index < -0.39 is 23.5 Å². The van der Waals surface area contributed by atoms with Crippen LogP contribution < -0.4 is 5.73 Å². The van der Waals surface area contributed by atoms with Gasteiger partial charge in [-0.15, -0.1) is 0 Å². The third-order valence-electron chi connectivity index (χ3n) is 6.08. The highest BCUT2D eigenvalue weighted by Gasteiger charge is 2.34. The van der Waals surface area contributed by atoms with E-state index in [4.69, 9.17) is 28.9 Å². The van der Waals surface area contributed by atoms with Gasteiger partial charge in [0, 0.05) is 38.5 Å². The number of alkyl halides is 3. The quantitative estimate of drug-likeness (QED) is 0.234. The van der Waals surface area contributed by atoms with E-state index in [2.05, 4.69) is 0 Å². The molecule has 0 radical (unpaired) electrons. The van der Waals surface area contributed by atoms with Crippen molar-refractivity contribution in [3.05, 3.63) is 105 Å². The maximum absolute atomic E-state index is 13.9. The van der Waals surface area contributed by atoms with Gasteiger partial charge >= 0.3 is 6.18 Å². The number of benzene rings is 4. The molecular formula is C27H16Cl2F4N2O. The number of nitrogens with two attached hydrogens (primary N) is 1. The highest BCUT2D eigenvalue weighted by Crippen LogP contribution is 2.39. The Morgan fingerprint density at radius 3 is 2.25 bits per heavy atom. The number of halogens is 6. The number of hydrogen-bond acceptors (Lipinski definition) is 1. The number of primary amides is 1. The van der Waals surface area contributed by atoms with Crippen LogP contribution in [0.25, 0.3) is 32.9 Å². The minimum atomic E-state index is -4.84. The molecule has 0 unspecified atom stereocenters. The molecule has 9 heteroatoms. The molecule has 0 fully saturated rings. The highest BCUT2D eigenvalue weighted by molar-refractivity contribution is 6.39. The molecule has 0 saturated heterocycles. The van der Waals surface area contributed by atoms with Gasteiger partial charge in [0.05, 0.1) is 16.6 Å². The number of aromatic nitrogens is 1. The first-order valence-electron chi connectivity index (χ1n) is 10.7. The predicted molar refractivity (Wildman–Crippen MR) is 134 cm³/mol. The summed E-state index contributed by atoms with van der Waals surface area (Å²) in [4.78, 5) is 12.2. The summed E-state index contributed by atoms with van der Waals surface area (Å²) in [5, 5.41) is 2.09. The lowest BCUT2D eigenvalue weighted by Gasteiger charge is -2.13. The Bertz CT molecular complexity index is 1650. The zero-order chi connectivity index (χ0) is 25.8. The van der Waals surface area contributed by atoms with Crippen LogP contribution in [0.4, 0.5) is 17.6 Å². The summed E-state index contributed by atoms with van der Waals surface area (Å²) in [6.07, 6.45) is -4.84. The molecule has 5 aromatic rings. The number of hydrogen-bond donors (Lipinski definition) is 1. The predicted octanol–water partition coefficient (Wildman–Crippen LogP) is 8.07. The van der Waals surface area contributed by atoms with E-state index in [0.29, 0.717) is 43.0 Å². The fourth-order valence-electron chi connectivity index (χ4n) is 4.52. The average Bonchev–Trinajstić information content (AvgIpc) is 3.12. The molecular weight excluding hydrogens is 515 g/mol. The van der Waals surface area contributed by atoms with Crippen LogP contribution >= 0.6 is 23.2 Å². The molecule has 5 rings (SSSR count). The third-order valence-corrected chi connectivity index (χ3v) is 6.71. The zero-order valence-electron chi connectivity index (χ0n) is 18.3. The summed E-state index contributed by atoms with van der Waals surface area (Å²) in [6, 6.07) is 18.4. The summed E-state index contributed by atoms with van der Waals surface area (Å²) >= 11 is 12.8. The maximum Gasteiger partial charge on any atom is 0.419 e. The lowest BCUT2D eigenvalue weighted by molar-refractivity contribution is -0.140. The van der Waals surface area contributed by atoms with Gasteiger partial charge in [-0.05, 0) is 53.6 Å². The van der Waals surface area contributed by atoms with Gasteiger partial charge in [-0.25, -0.2) is 4.39 Å². The summed E-state index contributed by atoms with van der Waals surface area (Å²) in [7, 11) is 0. The molecule has 0 aliphatic heterocycles. The fourth-order valence-corrected chi connectivity index (χ4v) is 5.14. The third kappa shape index (κ3) is 4.08. The van der Waals surface area contributed by atoms with E-state index in [1.807, 2.05) is 0 Å². The summed E-state index contributed by atoms with van der Waals surface area (Å²) < 4.78 is 55.7. The van der Waals surface area contributed by atoms with E-state index in [1.54, 1.807) is 59.2 Å². The molecule has 0 atom stereocenters. The molecule has 4 aromatic carbocycles. The van der Waals surface area contributed by atoms with Crippen LogP contribution in [0, 0.1) is 5.82 Å². The van der Waals surface area contributed by atoms with Crippen molar-refractivity contribution in [2.45, 2.75) is 12.7 Å². The van der Waals surface area contributed by atoms with Crippen LogP contribution in [0.5, 0.6) is 0 Å². The standard InChI is InChI=1S/C27H16Cl2F4N2O/c28-19-4-2-5-20(29)24(19)15-8-9-16-23(12-15)35(22-6-1-3-17(25(16)22)26(34)36)13-14-7-10-21(30)18(11-14)27(31,32)33/h1-12H,13H2,(H2,34,36). The fraction of sp³-hybridized carbons (Fsp3) is 0.0741. The van der Waals surface area contributed by atoms with Gasteiger partial charge in [-0.3, -0.25) is 4.79 Å². The topological polar surface area (TPSA) is 48.0 Å². The molecule has 1 heterocycles. The molecule has 36 heavy (non-hydrogen) atoms. The number of fused-ring (bicyclic) bond motifs is 3. The summed E-state index contributed by atoms with van der Waals surface area (Å²) in [6.45, 7) is -0.0225. The van der Waals surface area contributed by atoms with Gasteiger partial charge in [0.25, 0.3) is 0 Å². The van der Waals surface area contributed by atoms with Gasteiger partial charge in [0.1, 0.15) is 5.82 Å². The van der Waals surface area contributed by atoms with Crippen molar-refractivity contribution < 1.29 is 22.4 Å². The second-order valence-electron chi connectivity index (χ2n) is 8.29. The van der Waals surface area contributed by atoms with Crippen molar-refractivity contribution in [1.82, 2.24) is 4.57 Å². The van der Waals surface area contributed by atoms with E-state index in [0.717, 1.165) is 12.1 Å². The molecule has 3 nitrogen and oxygen atoms in total. The summed E-state index contributed by atoms with van der Waals surface area (Å²) in [5.74, 6) is -1.99. The van der Waals surface area contributed by atoms with Crippen LogP contribution in [0.3, 0.4) is 0 Å². The Morgan fingerprint density at radius 2 is 1.58 bits per heavy atom. The number of amides is 1. The lowest BCUT2D eigenvalue weighted by Crippen LogP contribution is -2.11. The highest BCUT2D eigenvalue weighted by atomic mass is 35.5. The van der Waals surface area contributed by atoms with Crippen LogP contribution in [0.1, 0.15) is 21.5 Å². The first kappa shape index (κ1) is 24.2. The molecule has 182 valence electrons. The summed E-state index contributed by atoms with van der Waals surface area (Å²) in [5.41, 5.74) is 7.26. The smallest absolute Gasteiger partial charge is 0.366 e. The molecule has 0 aliphatic carbocycles. The maximum atomic E-state index is 13.9. The molecule has 0 saturated carbocycles. The number of nitrogens with zero attached hydrogens (tertiary/aromatic N) is 1. The first-order chi connectivity index (χ1) is 17.1. The Kier molecular flexibility index (Phi) is 5.93. The molecule has 1 aromatic heterocycles. The van der Waals surface area contributed by atoms with Gasteiger partial charge in [-0.2, -0.15) is 13.2 Å². The molecule has 2 N–H and O–H groups in total. The van der Waals surface area contributed by atoms with Crippen molar-refractivity contribution in [2.24, 2.45) is 5.73 Å². The van der Waals surface area contributed by atoms with Crippen LogP contribution in [-0.2, 0) is 12.7 Å². The molecule has 0 spiro atoms. The van der Waals surface area contributed by atoms with Gasteiger partial charge in [0.15, 0.2) is 0 Å². The number of rotatable bonds is 4. The van der Waals surface area contributed by atoms with E-state index >= 15 is 0 Å². The Morgan fingerprint density at radius 1 is 0.889 bits per heavy atom. The molecule has 0 aliphatic rings. The van der Waals surface area contributed by atoms with Crippen molar-refractivity contribution >= 4 is 50.9 Å². The van der Waals surface area contributed by atoms with E-state index in [1.165, 1.54) is 6.07 Å². The van der Waals surface area contributed by atoms with Gasteiger partial charge < -0.3 is 10.3 Å². The van der Waals surface area contributed by atoms with Gasteiger partial charge in [0.2, 0.25) is 5.91 Å². The normalized spacial score (nSPS) is 11.9. The SMILES string of the molecule is NC(=O)c1cccc2c1c1ccc(-c3c(Cl)cccc3Cl)cc1n2Cc1ccc(F)c(C(F)(F)F)c1. The van der Waals surface area contributed by atoms with Crippen molar-refractivity contribution in [3.8, 4) is 11.1 Å².